The lowest BCUT2D eigenvalue weighted by Gasteiger charge is -2.14. The van der Waals surface area contributed by atoms with E-state index >= 15 is 0 Å². The highest BCUT2D eigenvalue weighted by molar-refractivity contribution is 6.30. The van der Waals surface area contributed by atoms with Gasteiger partial charge in [-0.15, -0.1) is 0 Å². The maximum Gasteiger partial charge on any atom is 0.259 e. The Kier molecular flexibility index (Phi) is 5.38. The number of hydrogen-bond acceptors (Lipinski definition) is 6. The molecule has 1 amide bonds. The van der Waals surface area contributed by atoms with E-state index in [1.807, 2.05) is 6.07 Å². The summed E-state index contributed by atoms with van der Waals surface area (Å²) < 4.78 is 5.40. The van der Waals surface area contributed by atoms with Crippen LogP contribution in [0.2, 0.25) is 5.02 Å². The smallest absolute Gasteiger partial charge is 0.259 e. The van der Waals surface area contributed by atoms with E-state index in [0.717, 1.165) is 5.56 Å². The Balaban J connectivity index is 1.55. The first kappa shape index (κ1) is 18.6. The Bertz CT molecular complexity index is 991. The first-order valence-corrected chi connectivity index (χ1v) is 9.35. The molecule has 1 fully saturated rings. The normalized spacial score (nSPS) is 18.9. The van der Waals surface area contributed by atoms with Crippen LogP contribution in [-0.4, -0.2) is 46.9 Å². The summed E-state index contributed by atoms with van der Waals surface area (Å²) in [6.07, 6.45) is -0.452. The van der Waals surface area contributed by atoms with Crippen LogP contribution in [0.3, 0.4) is 0 Å². The van der Waals surface area contributed by atoms with Crippen molar-refractivity contribution in [3.63, 3.8) is 0 Å². The molecule has 0 aliphatic carbocycles. The number of hydrogen-bond donors (Lipinski definition) is 3. The quantitative estimate of drug-likeness (QED) is 0.610. The van der Waals surface area contributed by atoms with Gasteiger partial charge in [0.25, 0.3) is 11.8 Å². The van der Waals surface area contributed by atoms with E-state index in [9.17, 15) is 9.90 Å². The molecular formula is C20H19ClN4O3. The van der Waals surface area contributed by atoms with E-state index < -0.39 is 6.10 Å². The molecule has 0 saturated carbocycles. The molecular weight excluding hydrogens is 380 g/mol. The third kappa shape index (κ3) is 3.91. The number of rotatable bonds is 5. The van der Waals surface area contributed by atoms with Crippen molar-refractivity contribution < 1.29 is 14.4 Å². The average Bonchev–Trinajstić information content (AvgIpc) is 3.35. The van der Waals surface area contributed by atoms with Crippen LogP contribution in [0.15, 0.2) is 53.1 Å². The molecule has 0 bridgehead atoms. The Hall–Kier alpha value is -2.74. The highest BCUT2D eigenvalue weighted by Crippen LogP contribution is 2.26. The van der Waals surface area contributed by atoms with E-state index in [2.05, 4.69) is 20.8 Å². The molecule has 2 aromatic carbocycles. The van der Waals surface area contributed by atoms with Gasteiger partial charge in [0.05, 0.1) is 17.2 Å². The third-order valence-corrected chi connectivity index (χ3v) is 4.98. The summed E-state index contributed by atoms with van der Waals surface area (Å²) in [7, 11) is 0. The average molecular weight is 399 g/mol. The second kappa shape index (κ2) is 8.10. The van der Waals surface area contributed by atoms with E-state index in [-0.39, 0.29) is 17.7 Å². The number of aliphatic hydroxyl groups excluding tert-OH is 1. The number of β-amino-alcohol motifs (C(OH)–C–C–N with tert-alkyl or cyclic N) is 1. The number of amides is 1. The Labute approximate surface area is 166 Å². The van der Waals surface area contributed by atoms with Crippen molar-refractivity contribution >= 4 is 17.5 Å². The molecule has 3 aromatic rings. The van der Waals surface area contributed by atoms with Crippen LogP contribution in [0.25, 0.3) is 22.8 Å². The molecule has 3 N–H and O–H groups in total. The number of carbonyl (C=O) groups excluding carboxylic acids is 1. The minimum absolute atomic E-state index is 0.00560. The summed E-state index contributed by atoms with van der Waals surface area (Å²) in [5, 5.41) is 20.4. The van der Waals surface area contributed by atoms with Crippen LogP contribution in [0, 0.1) is 5.92 Å². The number of aromatic nitrogens is 2. The Morgan fingerprint density at radius 1 is 1.25 bits per heavy atom. The van der Waals surface area contributed by atoms with Crippen LogP contribution in [0.1, 0.15) is 10.4 Å². The van der Waals surface area contributed by atoms with Crippen molar-refractivity contribution in [1.29, 1.82) is 0 Å². The van der Waals surface area contributed by atoms with Crippen LogP contribution in [0.4, 0.5) is 0 Å². The maximum atomic E-state index is 12.7. The molecule has 144 valence electrons. The van der Waals surface area contributed by atoms with Crippen LogP contribution < -0.4 is 10.6 Å². The largest absolute Gasteiger partial charge is 0.391 e. The van der Waals surface area contributed by atoms with E-state index in [4.69, 9.17) is 16.1 Å². The zero-order chi connectivity index (χ0) is 19.5. The van der Waals surface area contributed by atoms with Gasteiger partial charge in [0.15, 0.2) is 0 Å². The molecule has 1 aliphatic rings. The van der Waals surface area contributed by atoms with Crippen molar-refractivity contribution in [3.8, 4) is 22.8 Å². The molecule has 1 aromatic heterocycles. The summed E-state index contributed by atoms with van der Waals surface area (Å²) in [6, 6.07) is 14.2. The summed E-state index contributed by atoms with van der Waals surface area (Å²) in [6.45, 7) is 1.61. The van der Waals surface area contributed by atoms with Crippen molar-refractivity contribution in [2.75, 3.05) is 19.6 Å². The molecule has 4 rings (SSSR count). The number of nitrogens with one attached hydrogen (secondary N) is 2. The van der Waals surface area contributed by atoms with Crippen molar-refractivity contribution in [3.05, 3.63) is 59.1 Å². The van der Waals surface area contributed by atoms with Gasteiger partial charge in [-0.05, 0) is 24.3 Å². The number of halogens is 1. The molecule has 2 unspecified atom stereocenters. The lowest BCUT2D eigenvalue weighted by molar-refractivity contribution is 0.0927. The second-order valence-electron chi connectivity index (χ2n) is 6.67. The molecule has 1 aliphatic heterocycles. The lowest BCUT2D eigenvalue weighted by atomic mass is 10.0. The Morgan fingerprint density at radius 2 is 2.11 bits per heavy atom. The van der Waals surface area contributed by atoms with Crippen LogP contribution in [0.5, 0.6) is 0 Å². The molecule has 28 heavy (non-hydrogen) atoms. The second-order valence-corrected chi connectivity index (χ2v) is 7.11. The number of nitrogens with zero attached hydrogens (tertiary/aromatic N) is 2. The molecule has 8 heteroatoms. The summed E-state index contributed by atoms with van der Waals surface area (Å²) in [4.78, 5) is 17.1. The lowest BCUT2D eigenvalue weighted by Crippen LogP contribution is -2.34. The fourth-order valence-electron chi connectivity index (χ4n) is 3.19. The fourth-order valence-corrected chi connectivity index (χ4v) is 3.38. The molecule has 2 atom stereocenters. The number of benzene rings is 2. The SMILES string of the molecule is O=C(NCC1CNCC1O)c1ccccc1-c1nc(-c2cccc(Cl)c2)no1. The monoisotopic (exact) mass is 398 g/mol. The van der Waals surface area contributed by atoms with Gasteiger partial charge in [0.2, 0.25) is 5.82 Å². The van der Waals surface area contributed by atoms with Crippen LogP contribution >= 0.6 is 11.6 Å². The summed E-state index contributed by atoms with van der Waals surface area (Å²) in [5.74, 6) is 0.391. The third-order valence-electron chi connectivity index (χ3n) is 4.74. The van der Waals surface area contributed by atoms with Gasteiger partial charge < -0.3 is 20.3 Å². The highest BCUT2D eigenvalue weighted by atomic mass is 35.5. The maximum absolute atomic E-state index is 12.7. The van der Waals surface area contributed by atoms with Crippen molar-refractivity contribution in [1.82, 2.24) is 20.8 Å². The van der Waals surface area contributed by atoms with Crippen molar-refractivity contribution in [2.24, 2.45) is 5.92 Å². The van der Waals surface area contributed by atoms with E-state index in [1.165, 1.54) is 0 Å². The first-order chi connectivity index (χ1) is 13.6. The molecule has 7 nitrogen and oxygen atoms in total. The Morgan fingerprint density at radius 3 is 2.89 bits per heavy atom. The van der Waals surface area contributed by atoms with Crippen molar-refractivity contribution in [2.45, 2.75) is 6.10 Å². The summed E-state index contributed by atoms with van der Waals surface area (Å²) >= 11 is 6.02. The van der Waals surface area contributed by atoms with Gasteiger partial charge in [0, 0.05) is 36.1 Å². The van der Waals surface area contributed by atoms with Gasteiger partial charge in [-0.3, -0.25) is 4.79 Å². The molecule has 1 saturated heterocycles. The zero-order valence-corrected chi connectivity index (χ0v) is 15.7. The predicted octanol–water partition coefficient (Wildman–Crippen LogP) is 2.37. The molecule has 0 radical (unpaired) electrons. The number of carbonyl (C=O) groups is 1. The van der Waals surface area contributed by atoms with Gasteiger partial charge in [-0.1, -0.05) is 41.0 Å². The fraction of sp³-hybridized carbons (Fsp3) is 0.250. The zero-order valence-electron chi connectivity index (χ0n) is 14.9. The standard InChI is InChI=1S/C20H19ClN4O3/c21-14-5-3-4-12(8-14)18-24-20(28-25-18)16-7-2-1-6-15(16)19(27)23-10-13-9-22-11-17(13)26/h1-8,13,17,22,26H,9-11H2,(H,23,27). The van der Waals surface area contributed by atoms with Gasteiger partial charge >= 0.3 is 0 Å². The molecule has 0 spiro atoms. The van der Waals surface area contributed by atoms with E-state index in [0.29, 0.717) is 41.6 Å². The van der Waals surface area contributed by atoms with Gasteiger partial charge in [-0.25, -0.2) is 0 Å². The van der Waals surface area contributed by atoms with Gasteiger partial charge in [-0.2, -0.15) is 4.98 Å². The van der Waals surface area contributed by atoms with E-state index in [1.54, 1.807) is 42.5 Å². The van der Waals surface area contributed by atoms with Crippen LogP contribution in [-0.2, 0) is 0 Å². The minimum Gasteiger partial charge on any atom is -0.391 e. The summed E-state index contributed by atoms with van der Waals surface area (Å²) in [5.41, 5.74) is 1.71. The number of aliphatic hydroxyl groups is 1. The minimum atomic E-state index is -0.452. The van der Waals surface area contributed by atoms with Gasteiger partial charge in [0.1, 0.15) is 0 Å². The predicted molar refractivity (Wildman–Crippen MR) is 105 cm³/mol. The highest BCUT2D eigenvalue weighted by Gasteiger charge is 2.26. The molecule has 2 heterocycles. The topological polar surface area (TPSA) is 100 Å². The first-order valence-electron chi connectivity index (χ1n) is 8.98.